The highest BCUT2D eigenvalue weighted by atomic mass is 127. The number of halogens is 1. The average molecular weight is 1050 g/mol. The van der Waals surface area contributed by atoms with Gasteiger partial charge in [-0.25, -0.2) is 4.79 Å². The number of hydrogen-bond acceptors (Lipinski definition) is 9. The standard InChI is InChI=1S/C50H89IO9Si3/c1-30(2)62(31(3)4,32(5)6)58-43-28-44(59-63(33(7)8,34(9)10)35(11)12)47-40(36(43)13)27-41(57-48(47)54)37(14)42(55-38(15)52)29-46(56-39(16)53)50(20,21)45(25-24-26-51)60-61(22,23)49(17,18)19/h24,26,28,30-35,37,41-42,45-46H,25,27,29H2,1-23H3/b26-24+/t37-,41+,42-,45+,46+/m0/s1. The minimum Gasteiger partial charge on any atom is -0.542 e. The van der Waals surface area contributed by atoms with Crippen LogP contribution in [0, 0.1) is 18.3 Å². The Kier molecular flexibility index (Phi) is 20.4. The van der Waals surface area contributed by atoms with Crippen molar-refractivity contribution in [2.75, 3.05) is 0 Å². The SMILES string of the molecule is CC(=O)O[C@@H](C[C@@H](OC(C)=O)C(C)(C)[C@@H](C/C=C/I)O[Si](C)(C)C(C)(C)C)[C@@H](C)[C@H]1Cc2c(C)c(O[Si](C(C)C)(C(C)C)C(C)C)cc(O[Si](C(C)C)(C(C)C)C(C)C)c2C(=O)O1. The molecule has 0 saturated carbocycles. The molecular weight excluding hydrogens is 956 g/mol. The van der Waals surface area contributed by atoms with E-state index in [4.69, 9.17) is 27.5 Å². The van der Waals surface area contributed by atoms with E-state index in [-0.39, 0.29) is 34.2 Å². The number of benzene rings is 1. The van der Waals surface area contributed by atoms with Crippen molar-refractivity contribution >= 4 is 65.5 Å². The Morgan fingerprint density at radius 1 is 0.762 bits per heavy atom. The van der Waals surface area contributed by atoms with Crippen LogP contribution in [0.15, 0.2) is 16.2 Å². The fraction of sp³-hybridized carbons (Fsp3) is 0.780. The maximum absolute atomic E-state index is 14.7. The zero-order chi connectivity index (χ0) is 49.0. The van der Waals surface area contributed by atoms with E-state index in [1.807, 2.05) is 17.1 Å². The molecule has 0 radical (unpaired) electrons. The Bertz CT molecular complexity index is 1700. The Labute approximate surface area is 401 Å². The third kappa shape index (κ3) is 12.9. The number of cyclic esters (lactones) is 1. The van der Waals surface area contributed by atoms with Crippen LogP contribution in [0.2, 0.25) is 51.4 Å². The van der Waals surface area contributed by atoms with E-state index in [2.05, 4.69) is 166 Å². The zero-order valence-corrected chi connectivity index (χ0v) is 48.9. The van der Waals surface area contributed by atoms with Gasteiger partial charge in [-0.15, -0.1) is 0 Å². The molecule has 63 heavy (non-hydrogen) atoms. The molecule has 5 atom stereocenters. The number of ether oxygens (including phenoxy) is 3. The van der Waals surface area contributed by atoms with Crippen molar-refractivity contribution in [2.24, 2.45) is 11.3 Å². The van der Waals surface area contributed by atoms with Gasteiger partial charge in [0.2, 0.25) is 0 Å². The number of rotatable bonds is 22. The molecule has 13 heteroatoms. The predicted molar refractivity (Wildman–Crippen MR) is 276 cm³/mol. The highest BCUT2D eigenvalue weighted by Gasteiger charge is 2.52. The molecular formula is C50H89IO9Si3. The highest BCUT2D eigenvalue weighted by Crippen LogP contribution is 2.50. The molecule has 0 fully saturated rings. The molecule has 1 heterocycles. The smallest absolute Gasteiger partial charge is 0.342 e. The lowest BCUT2D eigenvalue weighted by Crippen LogP contribution is -2.53. The van der Waals surface area contributed by atoms with Gasteiger partial charge < -0.3 is 27.5 Å². The van der Waals surface area contributed by atoms with E-state index in [0.29, 0.717) is 40.8 Å². The largest absolute Gasteiger partial charge is 0.542 e. The Balaban J connectivity index is 2.91. The first-order valence-corrected chi connectivity index (χ1v) is 32.1. The highest BCUT2D eigenvalue weighted by molar-refractivity contribution is 14.1. The van der Waals surface area contributed by atoms with Crippen molar-refractivity contribution in [1.29, 1.82) is 0 Å². The molecule has 1 aliphatic heterocycles. The molecule has 0 amide bonds. The molecule has 9 nitrogen and oxygen atoms in total. The first-order chi connectivity index (χ1) is 28.7. The Hall–Kier alpha value is -1.69. The van der Waals surface area contributed by atoms with Gasteiger partial charge in [0.15, 0.2) is 8.32 Å². The third-order valence-electron chi connectivity index (χ3n) is 15.1. The van der Waals surface area contributed by atoms with Gasteiger partial charge in [-0.3, -0.25) is 9.59 Å². The van der Waals surface area contributed by atoms with Gasteiger partial charge in [0.25, 0.3) is 16.6 Å². The van der Waals surface area contributed by atoms with Gasteiger partial charge >= 0.3 is 17.9 Å². The van der Waals surface area contributed by atoms with Crippen LogP contribution in [0.4, 0.5) is 0 Å². The number of esters is 3. The van der Waals surface area contributed by atoms with E-state index in [1.165, 1.54) is 13.8 Å². The van der Waals surface area contributed by atoms with Gasteiger partial charge in [0.1, 0.15) is 35.4 Å². The molecule has 2 rings (SSSR count). The topological polar surface area (TPSA) is 107 Å². The van der Waals surface area contributed by atoms with Gasteiger partial charge in [0, 0.05) is 44.1 Å². The lowest BCUT2D eigenvalue weighted by molar-refractivity contribution is -0.168. The van der Waals surface area contributed by atoms with E-state index < -0.39 is 72.5 Å². The minimum atomic E-state index is -2.55. The van der Waals surface area contributed by atoms with Crippen LogP contribution in [-0.4, -0.2) is 67.3 Å². The van der Waals surface area contributed by atoms with E-state index in [9.17, 15) is 14.4 Å². The second-order valence-corrected chi connectivity index (χ2v) is 38.7. The van der Waals surface area contributed by atoms with Crippen LogP contribution in [0.5, 0.6) is 11.5 Å². The van der Waals surface area contributed by atoms with Crippen molar-refractivity contribution in [1.82, 2.24) is 0 Å². The zero-order valence-electron chi connectivity index (χ0n) is 43.8. The van der Waals surface area contributed by atoms with Crippen molar-refractivity contribution < 1.29 is 41.9 Å². The predicted octanol–water partition coefficient (Wildman–Crippen LogP) is 14.8. The lowest BCUT2D eigenvalue weighted by atomic mass is 9.75. The van der Waals surface area contributed by atoms with E-state index >= 15 is 0 Å². The maximum atomic E-state index is 14.7. The number of hydrogen-bond donors (Lipinski definition) is 0. The summed E-state index contributed by atoms with van der Waals surface area (Å²) in [7, 11) is -7.29. The molecule has 0 unspecified atom stereocenters. The Morgan fingerprint density at radius 3 is 1.60 bits per heavy atom. The second kappa shape index (κ2) is 22.4. The van der Waals surface area contributed by atoms with Crippen molar-refractivity contribution in [3.05, 3.63) is 32.9 Å². The molecule has 362 valence electrons. The molecule has 1 aromatic rings. The van der Waals surface area contributed by atoms with Crippen LogP contribution >= 0.6 is 22.6 Å². The summed E-state index contributed by atoms with van der Waals surface area (Å²) in [6.07, 6.45) is 0.822. The summed E-state index contributed by atoms with van der Waals surface area (Å²) in [5.74, 6) is -0.511. The van der Waals surface area contributed by atoms with Crippen LogP contribution in [0.3, 0.4) is 0 Å². The van der Waals surface area contributed by atoms with E-state index in [0.717, 1.165) is 16.9 Å². The number of carbonyl (C=O) groups excluding carboxylic acids is 3. The fourth-order valence-electron chi connectivity index (χ4n) is 10.4. The van der Waals surface area contributed by atoms with Crippen molar-refractivity contribution in [3.8, 4) is 11.5 Å². The summed E-state index contributed by atoms with van der Waals surface area (Å²) in [5, 5.41) is -0.0553. The number of fused-ring (bicyclic) bond motifs is 1. The number of carbonyl (C=O) groups is 3. The fourth-order valence-corrected chi connectivity index (χ4v) is 22.7. The average Bonchev–Trinajstić information content (AvgIpc) is 3.12. The molecule has 0 bridgehead atoms. The maximum Gasteiger partial charge on any atom is 0.342 e. The molecule has 0 N–H and O–H groups in total. The molecule has 1 aliphatic rings. The van der Waals surface area contributed by atoms with Gasteiger partial charge in [0.05, 0.1) is 6.10 Å². The van der Waals surface area contributed by atoms with Gasteiger partial charge in [-0.05, 0) is 79.9 Å². The van der Waals surface area contributed by atoms with Gasteiger partial charge in [-0.2, -0.15) is 0 Å². The molecule has 0 saturated heterocycles. The molecule has 0 aliphatic carbocycles. The summed E-state index contributed by atoms with van der Waals surface area (Å²) in [5.41, 5.74) is 3.30. The summed E-state index contributed by atoms with van der Waals surface area (Å²) in [6, 6.07) is 2.01. The van der Waals surface area contributed by atoms with Gasteiger partial charge in [-0.1, -0.05) is 153 Å². The normalized spacial score (nSPS) is 17.7. The van der Waals surface area contributed by atoms with Crippen LogP contribution in [-0.2, 0) is 34.6 Å². The van der Waals surface area contributed by atoms with Crippen LogP contribution in [0.1, 0.15) is 173 Å². The summed E-state index contributed by atoms with van der Waals surface area (Å²) in [6.45, 7) is 49.2. The Morgan fingerprint density at radius 2 is 1.21 bits per heavy atom. The molecule has 0 aromatic heterocycles. The van der Waals surface area contributed by atoms with Crippen LogP contribution < -0.4 is 8.85 Å². The summed E-state index contributed by atoms with van der Waals surface area (Å²) < 4.78 is 42.8. The molecule has 0 spiro atoms. The van der Waals surface area contributed by atoms with E-state index in [1.54, 1.807) is 0 Å². The first kappa shape index (κ1) is 57.4. The van der Waals surface area contributed by atoms with Crippen LogP contribution in [0.25, 0.3) is 0 Å². The quantitative estimate of drug-likeness (QED) is 0.0486. The van der Waals surface area contributed by atoms with Crippen molar-refractivity contribution in [3.63, 3.8) is 0 Å². The third-order valence-corrected chi connectivity index (χ3v) is 32.0. The minimum absolute atomic E-state index is 0.0553. The summed E-state index contributed by atoms with van der Waals surface area (Å²) >= 11 is 2.22. The summed E-state index contributed by atoms with van der Waals surface area (Å²) in [4.78, 5) is 40.7. The van der Waals surface area contributed by atoms with Crippen molar-refractivity contribution in [2.45, 2.75) is 240 Å². The molecule has 1 aromatic carbocycles. The first-order valence-electron chi connectivity index (χ1n) is 23.7. The lowest BCUT2D eigenvalue weighted by Gasteiger charge is -2.47. The monoisotopic (exact) mass is 1040 g/mol. The second-order valence-electron chi connectivity index (χ2n) is 22.5.